The number of rotatable bonds is 48. The van der Waals surface area contributed by atoms with Crippen molar-refractivity contribution >= 4 is 52.6 Å². The van der Waals surface area contributed by atoms with Gasteiger partial charge in [0.1, 0.15) is 12.6 Å². The zero-order valence-electron chi connectivity index (χ0n) is 43.7. The number of ether oxygens (including phenoxy) is 13. The topological polar surface area (TPSA) is 250 Å². The molecule has 1 saturated carbocycles. The van der Waals surface area contributed by atoms with Crippen LogP contribution < -0.4 is 21.7 Å². The van der Waals surface area contributed by atoms with E-state index in [2.05, 4.69) is 16.0 Å². The molecule has 5 N–H and O–H groups in total. The maximum absolute atomic E-state index is 13.8. The maximum atomic E-state index is 13.8. The van der Waals surface area contributed by atoms with E-state index in [4.69, 9.17) is 90.5 Å². The van der Waals surface area contributed by atoms with Gasteiger partial charge in [-0.3, -0.25) is 14.4 Å². The highest BCUT2D eigenvalue weighted by atomic mass is 35.5. The number of hydrogen-bond acceptors (Lipinski definition) is 19. The first-order valence-electron chi connectivity index (χ1n) is 25.8. The van der Waals surface area contributed by atoms with Crippen molar-refractivity contribution in [1.82, 2.24) is 10.6 Å². The number of carbonyl (C=O) groups is 4. The van der Waals surface area contributed by atoms with Crippen molar-refractivity contribution in [3.63, 3.8) is 0 Å². The fourth-order valence-electron chi connectivity index (χ4n) is 7.47. The summed E-state index contributed by atoms with van der Waals surface area (Å²) in [6, 6.07) is 10.8. The van der Waals surface area contributed by atoms with Gasteiger partial charge in [-0.05, 0) is 55.6 Å². The minimum atomic E-state index is -0.917. The molecule has 0 unspecified atom stereocenters. The molecule has 75 heavy (non-hydrogen) atoms. The number of nitrogens with two attached hydrogens (primary N) is 1. The summed E-state index contributed by atoms with van der Waals surface area (Å²) >= 11 is 12.4. The molecule has 0 radical (unpaired) electrons. The Kier molecular flexibility index (Phi) is 38.0. The Balaban J connectivity index is 1.08. The molecular formula is C52H82Cl2N4O17. The molecule has 21 nitrogen and oxygen atoms in total. The molecule has 0 bridgehead atoms. The molecule has 2 amide bonds. The first kappa shape index (κ1) is 65.7. The highest BCUT2D eigenvalue weighted by Gasteiger charge is 2.42. The molecule has 2 aromatic rings. The van der Waals surface area contributed by atoms with Gasteiger partial charge in [-0.2, -0.15) is 0 Å². The lowest BCUT2D eigenvalue weighted by molar-refractivity contribution is -0.146. The number of esters is 2. The largest absolute Gasteiger partial charge is 0.467 e. The van der Waals surface area contributed by atoms with Crippen LogP contribution in [-0.4, -0.2) is 208 Å². The lowest BCUT2D eigenvalue weighted by atomic mass is 9.81. The second kappa shape index (κ2) is 43.4. The molecular weight excluding hydrogens is 1020 g/mol. The molecule has 426 valence electrons. The second-order valence-electron chi connectivity index (χ2n) is 17.0. The standard InChI is InChI=1S/C52H82Cl2N4O17/c1-63-50(61)46(41-42-7-9-43(10-8-42)57-49(60)48-44(53)5-4-6-45(48)54)58-51(62)52(12-2-3-13-52)14-17-56-16-11-47(59)75-40-39-74-38-37-73-36-35-72-34-33-71-32-31-70-30-29-69-28-27-68-26-25-67-24-23-66-22-21-65-20-19-64-18-15-55/h4-10,46,56H,2-3,11-41,55H2,1H3,(H,57,60)(H,58,62)/t46-/m0/s1. The van der Waals surface area contributed by atoms with Crippen molar-refractivity contribution in [2.45, 2.75) is 51.0 Å². The molecule has 0 aliphatic heterocycles. The Labute approximate surface area is 452 Å². The SMILES string of the molecule is COC(=O)[C@H](Cc1ccc(NC(=O)c2c(Cl)cccc2Cl)cc1)NC(=O)C1(CCNCCC(=O)OCCOCCOCCOCCOCCOCCOCCOCCOCCOCCOCCOCCN)CCCC1. The van der Waals surface area contributed by atoms with E-state index in [1.165, 1.54) is 7.11 Å². The van der Waals surface area contributed by atoms with E-state index in [1.807, 2.05) is 0 Å². The van der Waals surface area contributed by atoms with Gasteiger partial charge in [0.2, 0.25) is 5.91 Å². The van der Waals surface area contributed by atoms with Crippen LogP contribution in [0.25, 0.3) is 0 Å². The van der Waals surface area contributed by atoms with E-state index in [1.54, 1.807) is 42.5 Å². The van der Waals surface area contributed by atoms with Crippen LogP contribution in [-0.2, 0) is 82.4 Å². The minimum absolute atomic E-state index is 0.127. The van der Waals surface area contributed by atoms with Gasteiger partial charge in [0.25, 0.3) is 5.91 Å². The summed E-state index contributed by atoms with van der Waals surface area (Å²) in [7, 11) is 1.28. The number of benzene rings is 2. The summed E-state index contributed by atoms with van der Waals surface area (Å²) < 4.78 is 70.4. The molecule has 1 aliphatic carbocycles. The molecule has 0 aromatic heterocycles. The van der Waals surface area contributed by atoms with Crippen LogP contribution in [0.5, 0.6) is 0 Å². The normalized spacial score (nSPS) is 13.4. The summed E-state index contributed by atoms with van der Waals surface area (Å²) in [5.41, 5.74) is 6.11. The number of nitrogens with one attached hydrogen (secondary N) is 3. The summed E-state index contributed by atoms with van der Waals surface area (Å²) in [5.74, 6) is -1.58. The predicted octanol–water partition coefficient (Wildman–Crippen LogP) is 4.06. The van der Waals surface area contributed by atoms with E-state index in [0.717, 1.165) is 18.4 Å². The minimum Gasteiger partial charge on any atom is -0.467 e. The first-order valence-corrected chi connectivity index (χ1v) is 26.6. The van der Waals surface area contributed by atoms with E-state index in [9.17, 15) is 19.2 Å². The lowest BCUT2D eigenvalue weighted by Gasteiger charge is -2.30. The van der Waals surface area contributed by atoms with Gasteiger partial charge in [0, 0.05) is 25.2 Å². The van der Waals surface area contributed by atoms with Crippen LogP contribution in [0.4, 0.5) is 5.69 Å². The van der Waals surface area contributed by atoms with Crippen LogP contribution in [0.3, 0.4) is 0 Å². The molecule has 1 atom stereocenters. The molecule has 0 spiro atoms. The smallest absolute Gasteiger partial charge is 0.328 e. The Morgan fingerprint density at radius 1 is 0.573 bits per heavy atom. The quantitative estimate of drug-likeness (QED) is 0.0539. The first-order chi connectivity index (χ1) is 36.7. The molecule has 23 heteroatoms. The fourth-order valence-corrected chi connectivity index (χ4v) is 8.04. The van der Waals surface area contributed by atoms with Gasteiger partial charge in [-0.25, -0.2) is 4.79 Å². The molecule has 3 rings (SSSR count). The van der Waals surface area contributed by atoms with Crippen LogP contribution >= 0.6 is 23.2 Å². The second-order valence-corrected chi connectivity index (χ2v) is 17.8. The monoisotopic (exact) mass is 1100 g/mol. The summed E-state index contributed by atoms with van der Waals surface area (Å²) in [4.78, 5) is 51.8. The van der Waals surface area contributed by atoms with Gasteiger partial charge in [0.05, 0.1) is 180 Å². The van der Waals surface area contributed by atoms with E-state index in [0.29, 0.717) is 183 Å². The average molecular weight is 1110 g/mol. The summed E-state index contributed by atoms with van der Waals surface area (Å²) in [6.45, 7) is 11.6. The Morgan fingerprint density at radius 2 is 0.987 bits per heavy atom. The average Bonchev–Trinajstić information content (AvgIpc) is 3.90. The number of hydrogen-bond donors (Lipinski definition) is 4. The fraction of sp³-hybridized carbons (Fsp3) is 0.692. The molecule has 1 aliphatic rings. The lowest BCUT2D eigenvalue weighted by Crippen LogP contribution is -2.49. The zero-order chi connectivity index (χ0) is 53.9. The summed E-state index contributed by atoms with van der Waals surface area (Å²) in [5, 5.41) is 9.46. The van der Waals surface area contributed by atoms with Gasteiger partial charge < -0.3 is 83.3 Å². The number of anilines is 1. The van der Waals surface area contributed by atoms with Crippen LogP contribution in [0.15, 0.2) is 42.5 Å². The van der Waals surface area contributed by atoms with Gasteiger partial charge in [-0.1, -0.05) is 54.2 Å². The van der Waals surface area contributed by atoms with Crippen molar-refractivity contribution in [3.05, 3.63) is 63.6 Å². The van der Waals surface area contributed by atoms with E-state index < -0.39 is 23.3 Å². The molecule has 0 heterocycles. The number of methoxy groups -OCH3 is 1. The highest BCUT2D eigenvalue weighted by molar-refractivity contribution is 6.40. The van der Waals surface area contributed by atoms with Crippen molar-refractivity contribution < 1.29 is 80.8 Å². The van der Waals surface area contributed by atoms with Gasteiger partial charge in [-0.15, -0.1) is 0 Å². The van der Waals surface area contributed by atoms with Crippen LogP contribution in [0.2, 0.25) is 10.0 Å². The number of halogens is 2. The third-order valence-electron chi connectivity index (χ3n) is 11.4. The van der Waals surface area contributed by atoms with Gasteiger partial charge >= 0.3 is 11.9 Å². The maximum Gasteiger partial charge on any atom is 0.328 e. The van der Waals surface area contributed by atoms with Crippen molar-refractivity contribution in [3.8, 4) is 0 Å². The summed E-state index contributed by atoms with van der Waals surface area (Å²) in [6.07, 6.45) is 4.06. The molecule has 2 aromatic carbocycles. The molecule has 1 fully saturated rings. The van der Waals surface area contributed by atoms with Crippen LogP contribution in [0, 0.1) is 5.41 Å². The van der Waals surface area contributed by atoms with Crippen molar-refractivity contribution in [2.24, 2.45) is 11.1 Å². The third-order valence-corrected chi connectivity index (χ3v) is 12.1. The van der Waals surface area contributed by atoms with Crippen LogP contribution in [0.1, 0.15) is 54.4 Å². The van der Waals surface area contributed by atoms with E-state index >= 15 is 0 Å². The zero-order valence-corrected chi connectivity index (χ0v) is 45.2. The Morgan fingerprint density at radius 3 is 1.40 bits per heavy atom. The van der Waals surface area contributed by atoms with Gasteiger partial charge in [0.15, 0.2) is 0 Å². The van der Waals surface area contributed by atoms with E-state index in [-0.39, 0.29) is 53.5 Å². The highest BCUT2D eigenvalue weighted by Crippen LogP contribution is 2.41. The number of carbonyl (C=O) groups excluding carboxylic acids is 4. The molecule has 0 saturated heterocycles. The predicted molar refractivity (Wildman–Crippen MR) is 281 cm³/mol. The number of amides is 2. The Bertz CT molecular complexity index is 1800. The van der Waals surface area contributed by atoms with Crippen molar-refractivity contribution in [2.75, 3.05) is 184 Å². The Hall–Kier alpha value is -3.62. The third kappa shape index (κ3) is 30.8. The van der Waals surface area contributed by atoms with Crippen molar-refractivity contribution in [1.29, 1.82) is 0 Å².